The number of aliphatic imine (C=N–C) groups is 1. The van der Waals surface area contributed by atoms with Crippen molar-refractivity contribution in [2.24, 2.45) is 10.4 Å². The van der Waals surface area contributed by atoms with E-state index in [4.69, 9.17) is 11.6 Å². The van der Waals surface area contributed by atoms with E-state index in [1.54, 1.807) is 0 Å². The first kappa shape index (κ1) is 24.5. The van der Waals surface area contributed by atoms with Crippen molar-refractivity contribution in [1.29, 1.82) is 0 Å². The first-order valence-corrected chi connectivity index (χ1v) is 9.74. The minimum absolute atomic E-state index is 0. The summed E-state index contributed by atoms with van der Waals surface area (Å²) in [6.07, 6.45) is 0.966. The molecule has 0 aromatic heterocycles. The normalized spacial score (nSPS) is 19.5. The molecule has 2 rings (SSSR count). The molecular weight excluding hydrogens is 473 g/mol. The molecule has 5 nitrogen and oxygen atoms in total. The number of nitrogens with zero attached hydrogens (tertiary/aromatic N) is 3. The molecule has 1 atom stereocenters. The molecule has 0 saturated carbocycles. The molecule has 0 spiro atoms. The van der Waals surface area contributed by atoms with E-state index >= 15 is 0 Å². The minimum Gasteiger partial charge on any atom is -0.356 e. The second-order valence-electron chi connectivity index (χ2n) is 8.17. The van der Waals surface area contributed by atoms with Gasteiger partial charge in [0.1, 0.15) is 0 Å². The third kappa shape index (κ3) is 8.54. The van der Waals surface area contributed by atoms with Crippen molar-refractivity contribution in [2.45, 2.75) is 26.3 Å². The molecule has 1 heterocycles. The van der Waals surface area contributed by atoms with E-state index < -0.39 is 0 Å². The second-order valence-corrected chi connectivity index (χ2v) is 8.61. The molecule has 1 unspecified atom stereocenters. The number of hydrogen-bond acceptors (Lipinski definition) is 3. The molecule has 7 heteroatoms. The highest BCUT2D eigenvalue weighted by Gasteiger charge is 2.23. The molecule has 1 aromatic rings. The van der Waals surface area contributed by atoms with Crippen molar-refractivity contribution in [3.05, 3.63) is 34.9 Å². The van der Waals surface area contributed by atoms with Gasteiger partial charge >= 0.3 is 0 Å². The summed E-state index contributed by atoms with van der Waals surface area (Å²) in [6.45, 7) is 9.60. The number of rotatable bonds is 6. The number of benzene rings is 1. The Morgan fingerprint density at radius 1 is 1.26 bits per heavy atom. The van der Waals surface area contributed by atoms with E-state index in [0.717, 1.165) is 50.1 Å². The molecule has 0 radical (unpaired) electrons. The molecule has 1 aromatic carbocycles. The van der Waals surface area contributed by atoms with Gasteiger partial charge in [0.05, 0.1) is 0 Å². The van der Waals surface area contributed by atoms with Gasteiger partial charge in [-0.05, 0) is 43.6 Å². The predicted octanol–water partition coefficient (Wildman–Crippen LogP) is 2.94. The van der Waals surface area contributed by atoms with Crippen molar-refractivity contribution in [2.75, 3.05) is 53.9 Å². The van der Waals surface area contributed by atoms with Gasteiger partial charge in [0, 0.05) is 50.8 Å². The van der Waals surface area contributed by atoms with Crippen molar-refractivity contribution in [3.8, 4) is 0 Å². The summed E-state index contributed by atoms with van der Waals surface area (Å²) in [6, 6.07) is 8.62. The van der Waals surface area contributed by atoms with Crippen LogP contribution in [0, 0.1) is 5.41 Å². The lowest BCUT2D eigenvalue weighted by Crippen LogP contribution is -2.55. The topological polar surface area (TPSA) is 42.9 Å². The van der Waals surface area contributed by atoms with Gasteiger partial charge in [-0.25, -0.2) is 0 Å². The van der Waals surface area contributed by atoms with Crippen LogP contribution in [0.1, 0.15) is 19.4 Å². The molecular formula is C20H35ClIN5. The Morgan fingerprint density at radius 3 is 2.67 bits per heavy atom. The number of hydrogen-bond donors (Lipinski definition) is 2. The third-order valence-electron chi connectivity index (χ3n) is 5.02. The molecule has 27 heavy (non-hydrogen) atoms. The summed E-state index contributed by atoms with van der Waals surface area (Å²) in [5.74, 6) is 0.866. The standard InChI is InChI=1S/C20H34ClN5.HI/c1-20(2,12-16-7-6-8-17(21)11-16)15-24-19(22-3)23-13-18-14-25(4)9-10-26(18)5;/h6-8,11,18H,9-10,12-15H2,1-5H3,(H2,22,23,24);1H. The van der Waals surface area contributed by atoms with Crippen LogP contribution >= 0.6 is 35.6 Å². The number of guanidine groups is 1. The largest absolute Gasteiger partial charge is 0.356 e. The summed E-state index contributed by atoms with van der Waals surface area (Å²) < 4.78 is 0. The zero-order valence-electron chi connectivity index (χ0n) is 17.3. The van der Waals surface area contributed by atoms with Crippen LogP contribution in [0.25, 0.3) is 0 Å². The van der Waals surface area contributed by atoms with E-state index in [0.29, 0.717) is 6.04 Å². The Bertz CT molecular complexity index is 608. The van der Waals surface area contributed by atoms with E-state index in [2.05, 4.69) is 59.4 Å². The second kappa shape index (κ2) is 11.4. The van der Waals surface area contributed by atoms with Gasteiger partial charge in [-0.1, -0.05) is 37.6 Å². The Balaban J connectivity index is 0.00000364. The molecule has 0 aliphatic carbocycles. The van der Waals surface area contributed by atoms with Crippen molar-refractivity contribution in [3.63, 3.8) is 0 Å². The summed E-state index contributed by atoms with van der Waals surface area (Å²) >= 11 is 6.11. The van der Waals surface area contributed by atoms with Crippen molar-refractivity contribution < 1.29 is 0 Å². The number of nitrogens with one attached hydrogen (secondary N) is 2. The Morgan fingerprint density at radius 2 is 2.00 bits per heavy atom. The Hall–Kier alpha value is -0.570. The van der Waals surface area contributed by atoms with Gasteiger partial charge in [-0.3, -0.25) is 9.89 Å². The average molecular weight is 508 g/mol. The number of halogens is 2. The molecule has 0 bridgehead atoms. The lowest BCUT2D eigenvalue weighted by atomic mass is 9.86. The van der Waals surface area contributed by atoms with Crippen LogP contribution in [-0.2, 0) is 6.42 Å². The fourth-order valence-corrected chi connectivity index (χ4v) is 3.55. The molecule has 2 N–H and O–H groups in total. The number of likely N-dealkylation sites (N-methyl/N-ethyl adjacent to an activating group) is 2. The van der Waals surface area contributed by atoms with Gasteiger partial charge in [-0.2, -0.15) is 0 Å². The highest BCUT2D eigenvalue weighted by atomic mass is 127. The zero-order chi connectivity index (χ0) is 19.2. The molecule has 1 aliphatic rings. The summed E-state index contributed by atoms with van der Waals surface area (Å²) in [5, 5.41) is 7.77. The Labute approximate surface area is 186 Å². The molecule has 0 amide bonds. The summed E-state index contributed by atoms with van der Waals surface area (Å²) in [5.41, 5.74) is 1.36. The monoisotopic (exact) mass is 507 g/mol. The minimum atomic E-state index is 0. The molecule has 1 saturated heterocycles. The van der Waals surface area contributed by atoms with Gasteiger partial charge in [-0.15, -0.1) is 24.0 Å². The van der Waals surface area contributed by atoms with Gasteiger partial charge in [0.2, 0.25) is 0 Å². The fourth-order valence-electron chi connectivity index (χ4n) is 3.34. The molecule has 1 aliphatic heterocycles. The maximum atomic E-state index is 6.11. The SMILES string of the molecule is CN=C(NCC1CN(C)CCN1C)NCC(C)(C)Cc1cccc(Cl)c1.I. The summed E-state index contributed by atoms with van der Waals surface area (Å²) in [7, 11) is 6.21. The number of piperazine rings is 1. The van der Waals surface area contributed by atoms with E-state index in [9.17, 15) is 0 Å². The van der Waals surface area contributed by atoms with Crippen LogP contribution in [-0.4, -0.2) is 75.7 Å². The lowest BCUT2D eigenvalue weighted by molar-refractivity contribution is 0.116. The van der Waals surface area contributed by atoms with E-state index in [-0.39, 0.29) is 29.4 Å². The quantitative estimate of drug-likeness (QED) is 0.353. The van der Waals surface area contributed by atoms with Crippen LogP contribution in [0.5, 0.6) is 0 Å². The van der Waals surface area contributed by atoms with Gasteiger partial charge in [0.25, 0.3) is 0 Å². The van der Waals surface area contributed by atoms with Crippen molar-refractivity contribution >= 4 is 41.5 Å². The van der Waals surface area contributed by atoms with Crippen LogP contribution in [0.2, 0.25) is 5.02 Å². The van der Waals surface area contributed by atoms with Crippen LogP contribution < -0.4 is 10.6 Å². The first-order valence-electron chi connectivity index (χ1n) is 9.37. The average Bonchev–Trinajstić information content (AvgIpc) is 2.57. The zero-order valence-corrected chi connectivity index (χ0v) is 20.3. The summed E-state index contributed by atoms with van der Waals surface area (Å²) in [4.78, 5) is 9.19. The van der Waals surface area contributed by atoms with Crippen molar-refractivity contribution in [1.82, 2.24) is 20.4 Å². The first-order chi connectivity index (χ1) is 12.3. The van der Waals surface area contributed by atoms with E-state index in [1.807, 2.05) is 25.2 Å². The van der Waals surface area contributed by atoms with Crippen LogP contribution in [0.15, 0.2) is 29.3 Å². The maximum Gasteiger partial charge on any atom is 0.191 e. The maximum absolute atomic E-state index is 6.11. The highest BCUT2D eigenvalue weighted by molar-refractivity contribution is 14.0. The molecule has 1 fully saturated rings. The Kier molecular flexibility index (Phi) is 10.4. The van der Waals surface area contributed by atoms with Gasteiger partial charge in [0.15, 0.2) is 5.96 Å². The highest BCUT2D eigenvalue weighted by Crippen LogP contribution is 2.22. The predicted molar refractivity (Wildman–Crippen MR) is 128 cm³/mol. The smallest absolute Gasteiger partial charge is 0.191 e. The van der Waals surface area contributed by atoms with Crippen LogP contribution in [0.4, 0.5) is 0 Å². The fraction of sp³-hybridized carbons (Fsp3) is 0.650. The lowest BCUT2D eigenvalue weighted by Gasteiger charge is -2.38. The molecule has 154 valence electrons. The third-order valence-corrected chi connectivity index (χ3v) is 5.25. The van der Waals surface area contributed by atoms with Crippen LogP contribution in [0.3, 0.4) is 0 Å². The van der Waals surface area contributed by atoms with Gasteiger partial charge < -0.3 is 15.5 Å². The van der Waals surface area contributed by atoms with E-state index in [1.165, 1.54) is 5.56 Å².